The second-order valence-electron chi connectivity index (χ2n) is 11.1. The molecule has 0 atom stereocenters. The van der Waals surface area contributed by atoms with E-state index in [1.165, 1.54) is 5.69 Å². The molecule has 0 bridgehead atoms. The van der Waals surface area contributed by atoms with Crippen LogP contribution < -0.4 is 4.98 Å². The maximum atomic E-state index is 5.29. The maximum Gasteiger partial charge on any atom is 2.00 e. The molecule has 0 saturated heterocycles. The van der Waals surface area contributed by atoms with Gasteiger partial charge in [0, 0.05) is 17.6 Å². The van der Waals surface area contributed by atoms with E-state index >= 15 is 0 Å². The van der Waals surface area contributed by atoms with Gasteiger partial charge >= 0.3 is 21.1 Å². The fraction of sp³-hybridized carbons (Fsp3) is 0.111. The fourth-order valence-electron chi connectivity index (χ4n) is 5.38. The fourth-order valence-corrected chi connectivity index (χ4v) is 5.38. The van der Waals surface area contributed by atoms with Gasteiger partial charge in [-0.05, 0) is 44.7 Å². The van der Waals surface area contributed by atoms with E-state index in [-0.39, 0.29) is 26.5 Å². The zero-order valence-electron chi connectivity index (χ0n) is 23.1. The van der Waals surface area contributed by atoms with Crippen molar-refractivity contribution < 1.29 is 21.1 Å². The minimum absolute atomic E-state index is 0. The van der Waals surface area contributed by atoms with Gasteiger partial charge in [-0.1, -0.05) is 123 Å². The van der Waals surface area contributed by atoms with Gasteiger partial charge in [0.15, 0.2) is 0 Å². The Morgan fingerprint density at radius 2 is 1.41 bits per heavy atom. The molecule has 7 aromatic rings. The molecular formula is C36H28N4Pt. The summed E-state index contributed by atoms with van der Waals surface area (Å²) in [5.74, 6) is 0.908. The molecule has 0 spiro atoms. The second-order valence-corrected chi connectivity index (χ2v) is 11.1. The topological polar surface area (TPSA) is 44.8 Å². The average Bonchev–Trinajstić information content (AvgIpc) is 3.57. The standard InChI is InChI=1S/C36H28N4.Pt/c1-36(2,3)32-23-27-19-20-31(26-15-11-14-25(22-26)30-18-9-10-21-37-30)38-34(27)40(32)35-29-17-8-7-16-28(29)33(39-35)24-12-5-4-6-13-24;/h4-21,23H,1-3H3;/q-2;+2. The van der Waals surface area contributed by atoms with Crippen LogP contribution >= 0.6 is 0 Å². The van der Waals surface area contributed by atoms with Crippen LogP contribution in [0.3, 0.4) is 0 Å². The smallest absolute Gasteiger partial charge is 0.434 e. The van der Waals surface area contributed by atoms with Crippen LogP contribution in [0.2, 0.25) is 0 Å². The molecule has 4 aromatic heterocycles. The zero-order chi connectivity index (χ0) is 27.3. The van der Waals surface area contributed by atoms with Crippen LogP contribution in [-0.4, -0.2) is 14.5 Å². The molecule has 5 heteroatoms. The Bertz CT molecular complexity index is 1980. The molecule has 0 amide bonds. The van der Waals surface area contributed by atoms with E-state index in [4.69, 9.17) is 9.97 Å². The Hall–Kier alpha value is -4.27. The summed E-state index contributed by atoms with van der Waals surface area (Å²) in [7, 11) is 0. The van der Waals surface area contributed by atoms with Crippen LogP contribution in [0, 0.1) is 6.07 Å². The Balaban J connectivity index is 0.00000302. The van der Waals surface area contributed by atoms with Crippen LogP contribution in [0.5, 0.6) is 0 Å². The Morgan fingerprint density at radius 3 is 2.15 bits per heavy atom. The van der Waals surface area contributed by atoms with Gasteiger partial charge in [-0.3, -0.25) is 9.97 Å². The van der Waals surface area contributed by atoms with Crippen LogP contribution in [0.4, 0.5) is 0 Å². The van der Waals surface area contributed by atoms with Crippen LogP contribution in [-0.2, 0) is 26.5 Å². The first kappa shape index (κ1) is 26.9. The number of hydrogen-bond donors (Lipinski definition) is 0. The number of hydrogen-bond acceptors (Lipinski definition) is 2. The molecule has 0 saturated carbocycles. The molecule has 0 fully saturated rings. The molecule has 0 aliphatic carbocycles. The van der Waals surface area contributed by atoms with Crippen molar-refractivity contribution in [1.82, 2.24) is 19.5 Å². The summed E-state index contributed by atoms with van der Waals surface area (Å²) in [5.41, 5.74) is 7.66. The van der Waals surface area contributed by atoms with Crippen LogP contribution in [0.25, 0.3) is 61.4 Å². The van der Waals surface area contributed by atoms with Crippen molar-refractivity contribution in [1.29, 1.82) is 0 Å². The SMILES string of the molecule is CC(C)(C)c1cc2ccc(-c3[c-]c(-c4ccccn4)ccc3)nc2n1-c1[n-]c(-c2ccccc2)c2ccccc12.[Pt+2]. The average molecular weight is 712 g/mol. The van der Waals surface area contributed by atoms with Crippen molar-refractivity contribution in [2.45, 2.75) is 26.2 Å². The molecule has 0 unspecified atom stereocenters. The van der Waals surface area contributed by atoms with Crippen molar-refractivity contribution in [3.8, 4) is 39.6 Å². The predicted octanol–water partition coefficient (Wildman–Crippen LogP) is 8.63. The number of rotatable bonds is 4. The van der Waals surface area contributed by atoms with Gasteiger partial charge in [0.1, 0.15) is 0 Å². The first-order chi connectivity index (χ1) is 19.5. The summed E-state index contributed by atoms with van der Waals surface area (Å²) >= 11 is 0. The molecule has 41 heavy (non-hydrogen) atoms. The predicted molar refractivity (Wildman–Crippen MR) is 164 cm³/mol. The van der Waals surface area contributed by atoms with E-state index < -0.39 is 0 Å². The van der Waals surface area contributed by atoms with Gasteiger partial charge in [0.25, 0.3) is 0 Å². The van der Waals surface area contributed by atoms with Gasteiger partial charge in [0.05, 0.1) is 5.65 Å². The summed E-state index contributed by atoms with van der Waals surface area (Å²) in [6, 6.07) is 41.0. The van der Waals surface area contributed by atoms with Crippen molar-refractivity contribution >= 4 is 21.8 Å². The Kier molecular flexibility index (Phi) is 6.97. The first-order valence-corrected chi connectivity index (χ1v) is 13.6. The largest absolute Gasteiger partial charge is 2.00 e. The molecule has 7 rings (SSSR count). The monoisotopic (exact) mass is 711 g/mol. The number of benzene rings is 3. The summed E-state index contributed by atoms with van der Waals surface area (Å²) in [6.45, 7) is 6.73. The molecular weight excluding hydrogens is 684 g/mol. The summed E-state index contributed by atoms with van der Waals surface area (Å²) in [4.78, 5) is 15.1. The number of pyridine rings is 2. The Labute approximate surface area is 254 Å². The van der Waals surface area contributed by atoms with E-state index in [2.05, 4.69) is 109 Å². The number of fused-ring (bicyclic) bond motifs is 2. The van der Waals surface area contributed by atoms with Gasteiger partial charge in [-0.15, -0.1) is 24.3 Å². The third-order valence-corrected chi connectivity index (χ3v) is 7.33. The normalized spacial score (nSPS) is 11.6. The molecule has 3 aromatic carbocycles. The number of aromatic nitrogens is 4. The van der Waals surface area contributed by atoms with Crippen molar-refractivity contribution in [2.24, 2.45) is 0 Å². The van der Waals surface area contributed by atoms with E-state index in [9.17, 15) is 0 Å². The van der Waals surface area contributed by atoms with Gasteiger partial charge < -0.3 is 9.55 Å². The third-order valence-electron chi connectivity index (χ3n) is 7.33. The molecule has 0 radical (unpaired) electrons. The van der Waals surface area contributed by atoms with Crippen molar-refractivity contribution in [3.63, 3.8) is 0 Å². The van der Waals surface area contributed by atoms with Crippen molar-refractivity contribution in [3.05, 3.63) is 127 Å². The molecule has 0 aliphatic rings. The molecule has 0 N–H and O–H groups in total. The number of nitrogens with zero attached hydrogens (tertiary/aromatic N) is 4. The molecule has 4 heterocycles. The molecule has 202 valence electrons. The second kappa shape index (κ2) is 10.6. The summed E-state index contributed by atoms with van der Waals surface area (Å²) in [5, 5.41) is 3.33. The minimum Gasteiger partial charge on any atom is -0.434 e. The van der Waals surface area contributed by atoms with Crippen LogP contribution in [0.15, 0.2) is 115 Å². The zero-order valence-corrected chi connectivity index (χ0v) is 25.3. The quantitative estimate of drug-likeness (QED) is 0.172. The van der Waals surface area contributed by atoms with E-state index in [1.54, 1.807) is 0 Å². The van der Waals surface area contributed by atoms with E-state index in [0.29, 0.717) is 0 Å². The molecule has 4 nitrogen and oxygen atoms in total. The van der Waals surface area contributed by atoms with Crippen molar-refractivity contribution in [2.75, 3.05) is 0 Å². The molecule has 0 aliphatic heterocycles. The Morgan fingerprint density at radius 1 is 0.707 bits per heavy atom. The summed E-state index contributed by atoms with van der Waals surface area (Å²) in [6.07, 6.45) is 1.81. The van der Waals surface area contributed by atoms with E-state index in [0.717, 1.165) is 61.4 Å². The van der Waals surface area contributed by atoms with Gasteiger partial charge in [0.2, 0.25) is 0 Å². The minimum atomic E-state index is -0.126. The van der Waals surface area contributed by atoms with E-state index in [1.807, 2.05) is 42.6 Å². The van der Waals surface area contributed by atoms with Gasteiger partial charge in [-0.2, -0.15) is 0 Å². The first-order valence-electron chi connectivity index (χ1n) is 13.6. The van der Waals surface area contributed by atoms with Crippen LogP contribution in [0.1, 0.15) is 26.5 Å². The summed E-state index contributed by atoms with van der Waals surface area (Å²) < 4.78 is 2.26. The third kappa shape index (κ3) is 4.83. The maximum absolute atomic E-state index is 5.29. The van der Waals surface area contributed by atoms with Gasteiger partial charge in [-0.25, -0.2) is 0 Å².